The molecule has 1 aromatic heterocycles. The van der Waals surface area contributed by atoms with E-state index in [9.17, 15) is 18.0 Å². The van der Waals surface area contributed by atoms with Gasteiger partial charge in [0.25, 0.3) is 0 Å². The third-order valence-corrected chi connectivity index (χ3v) is 4.78. The predicted molar refractivity (Wildman–Crippen MR) is 98.5 cm³/mol. The molecule has 0 aliphatic carbocycles. The van der Waals surface area contributed by atoms with Crippen LogP contribution in [0.3, 0.4) is 0 Å². The monoisotopic (exact) mass is 391 g/mol. The van der Waals surface area contributed by atoms with Crippen molar-refractivity contribution in [1.29, 1.82) is 0 Å². The van der Waals surface area contributed by atoms with Gasteiger partial charge in [-0.2, -0.15) is 13.2 Å². The Morgan fingerprint density at radius 1 is 1.11 bits per heavy atom. The fraction of sp³-hybridized carbons (Fsp3) is 0.211. The summed E-state index contributed by atoms with van der Waals surface area (Å²) in [4.78, 5) is 12.7. The van der Waals surface area contributed by atoms with Gasteiger partial charge in [-0.15, -0.1) is 5.10 Å². The van der Waals surface area contributed by atoms with E-state index in [2.05, 4.69) is 14.9 Å². The Balaban J connectivity index is 1.82. The van der Waals surface area contributed by atoms with Gasteiger partial charge in [0.1, 0.15) is 10.7 Å². The summed E-state index contributed by atoms with van der Waals surface area (Å²) in [7, 11) is 0. The summed E-state index contributed by atoms with van der Waals surface area (Å²) in [5.74, 6) is -0.545. The highest BCUT2D eigenvalue weighted by atomic mass is 32.1. The molecule has 0 bridgehead atoms. The van der Waals surface area contributed by atoms with E-state index in [1.54, 1.807) is 0 Å². The Hall–Kier alpha value is -2.74. The second-order valence-electron chi connectivity index (χ2n) is 5.89. The van der Waals surface area contributed by atoms with Gasteiger partial charge in [-0.3, -0.25) is 4.79 Å². The van der Waals surface area contributed by atoms with Crippen molar-refractivity contribution < 1.29 is 18.0 Å². The Morgan fingerprint density at radius 3 is 2.37 bits per heavy atom. The van der Waals surface area contributed by atoms with Crippen LogP contribution in [0.2, 0.25) is 0 Å². The molecule has 1 heterocycles. The zero-order chi connectivity index (χ0) is 19.4. The molecule has 1 amide bonds. The lowest BCUT2D eigenvalue weighted by atomic mass is 9.96. The second kappa shape index (κ2) is 7.87. The van der Waals surface area contributed by atoms with Crippen molar-refractivity contribution in [2.75, 3.05) is 5.32 Å². The highest BCUT2D eigenvalue weighted by Crippen LogP contribution is 2.34. The first-order valence-electron chi connectivity index (χ1n) is 8.26. The maximum absolute atomic E-state index is 12.7. The van der Waals surface area contributed by atoms with Crippen LogP contribution < -0.4 is 5.32 Å². The van der Waals surface area contributed by atoms with Crippen LogP contribution in [-0.4, -0.2) is 15.5 Å². The minimum absolute atomic E-state index is 0.206. The lowest BCUT2D eigenvalue weighted by molar-refractivity contribution is -0.137. The van der Waals surface area contributed by atoms with Crippen molar-refractivity contribution in [2.45, 2.75) is 25.4 Å². The van der Waals surface area contributed by atoms with Gasteiger partial charge >= 0.3 is 6.18 Å². The molecule has 0 saturated carbocycles. The third kappa shape index (κ3) is 4.33. The summed E-state index contributed by atoms with van der Waals surface area (Å²) in [5.41, 5.74) is 0.964. The minimum atomic E-state index is -4.40. The summed E-state index contributed by atoms with van der Waals surface area (Å²) in [6, 6.07) is 14.0. The van der Waals surface area contributed by atoms with Crippen LogP contribution in [0.1, 0.15) is 30.4 Å². The van der Waals surface area contributed by atoms with Crippen LogP contribution in [0.5, 0.6) is 0 Å². The summed E-state index contributed by atoms with van der Waals surface area (Å²) < 4.78 is 42.0. The first-order valence-corrected chi connectivity index (χ1v) is 9.03. The fourth-order valence-electron chi connectivity index (χ4n) is 2.74. The number of hydrogen-bond acceptors (Lipinski definition) is 4. The molecule has 1 unspecified atom stereocenters. The number of benzene rings is 2. The summed E-state index contributed by atoms with van der Waals surface area (Å²) in [6.45, 7) is 1.92. The van der Waals surface area contributed by atoms with Crippen LogP contribution in [0.4, 0.5) is 18.2 Å². The molecule has 8 heteroatoms. The molecular weight excluding hydrogens is 375 g/mol. The number of amides is 1. The first kappa shape index (κ1) is 19.0. The minimum Gasteiger partial charge on any atom is -0.314 e. The van der Waals surface area contributed by atoms with Gasteiger partial charge < -0.3 is 5.32 Å². The molecule has 1 atom stereocenters. The number of carbonyl (C=O) groups is 1. The Morgan fingerprint density at radius 2 is 1.78 bits per heavy atom. The smallest absolute Gasteiger partial charge is 0.314 e. The molecule has 1 N–H and O–H groups in total. The summed E-state index contributed by atoms with van der Waals surface area (Å²) in [5, 5.41) is 7.19. The van der Waals surface area contributed by atoms with Gasteiger partial charge in [-0.05, 0) is 24.1 Å². The van der Waals surface area contributed by atoms with E-state index in [1.807, 2.05) is 37.3 Å². The van der Waals surface area contributed by atoms with Crippen molar-refractivity contribution in [1.82, 2.24) is 9.59 Å². The summed E-state index contributed by atoms with van der Waals surface area (Å²) in [6.07, 6.45) is -3.79. The first-order chi connectivity index (χ1) is 12.9. The van der Waals surface area contributed by atoms with Gasteiger partial charge in [0, 0.05) is 17.1 Å². The maximum Gasteiger partial charge on any atom is 0.416 e. The van der Waals surface area contributed by atoms with Gasteiger partial charge in [0.15, 0.2) is 0 Å². The number of hydrogen-bond donors (Lipinski definition) is 1. The number of aromatic nitrogens is 2. The van der Waals surface area contributed by atoms with E-state index >= 15 is 0 Å². The van der Waals surface area contributed by atoms with Crippen molar-refractivity contribution in [3.8, 4) is 11.3 Å². The van der Waals surface area contributed by atoms with Crippen LogP contribution >= 0.6 is 11.5 Å². The predicted octanol–water partition coefficient (Wildman–Crippen LogP) is 5.36. The largest absolute Gasteiger partial charge is 0.416 e. The number of nitrogens with one attached hydrogen (secondary N) is 1. The van der Waals surface area contributed by atoms with Gasteiger partial charge in [-0.1, -0.05) is 53.9 Å². The molecule has 4 nitrogen and oxygen atoms in total. The number of halogens is 3. The average molecular weight is 391 g/mol. The Bertz CT molecular complexity index is 908. The number of carbonyl (C=O) groups excluding carboxylic acids is 1. The van der Waals surface area contributed by atoms with E-state index in [4.69, 9.17) is 0 Å². The Labute approximate surface area is 158 Å². The molecule has 0 radical (unpaired) electrons. The van der Waals surface area contributed by atoms with E-state index < -0.39 is 11.7 Å². The molecule has 0 saturated heterocycles. The van der Waals surface area contributed by atoms with E-state index in [0.717, 1.165) is 29.2 Å². The molecular formula is C19H16F3N3OS. The quantitative estimate of drug-likeness (QED) is 0.637. The molecule has 0 fully saturated rings. The van der Waals surface area contributed by atoms with E-state index in [1.165, 1.54) is 12.1 Å². The zero-order valence-corrected chi connectivity index (χ0v) is 15.1. The molecule has 0 aliphatic heterocycles. The Kier molecular flexibility index (Phi) is 5.55. The molecule has 3 rings (SSSR count). The number of nitrogens with zero attached hydrogens (tertiary/aromatic N) is 2. The topological polar surface area (TPSA) is 54.9 Å². The van der Waals surface area contributed by atoms with Gasteiger partial charge in [0.05, 0.1) is 11.5 Å². The van der Waals surface area contributed by atoms with Crippen molar-refractivity contribution >= 4 is 22.4 Å². The van der Waals surface area contributed by atoms with Crippen LogP contribution in [0, 0.1) is 0 Å². The molecule has 2 aromatic carbocycles. The second-order valence-corrected chi connectivity index (χ2v) is 6.64. The third-order valence-electron chi connectivity index (χ3n) is 4.14. The van der Waals surface area contributed by atoms with Crippen LogP contribution in [0.15, 0.2) is 54.6 Å². The SMILES string of the molecule is CCC(C(=O)Nc1snnc1-c1ccc(C(F)(F)F)cc1)c1ccccc1. The van der Waals surface area contributed by atoms with E-state index in [-0.39, 0.29) is 11.8 Å². The lowest BCUT2D eigenvalue weighted by Gasteiger charge is -2.15. The van der Waals surface area contributed by atoms with Crippen LogP contribution in [0.25, 0.3) is 11.3 Å². The zero-order valence-electron chi connectivity index (χ0n) is 14.3. The number of anilines is 1. The van der Waals surface area contributed by atoms with Crippen molar-refractivity contribution in [2.24, 2.45) is 0 Å². The lowest BCUT2D eigenvalue weighted by Crippen LogP contribution is -2.20. The highest BCUT2D eigenvalue weighted by Gasteiger charge is 2.30. The van der Waals surface area contributed by atoms with Crippen molar-refractivity contribution in [3.63, 3.8) is 0 Å². The van der Waals surface area contributed by atoms with Crippen molar-refractivity contribution in [3.05, 3.63) is 65.7 Å². The molecule has 27 heavy (non-hydrogen) atoms. The maximum atomic E-state index is 12.7. The van der Waals surface area contributed by atoms with E-state index in [0.29, 0.717) is 22.7 Å². The number of alkyl halides is 3. The molecule has 0 aliphatic rings. The number of rotatable bonds is 5. The fourth-order valence-corrected chi connectivity index (χ4v) is 3.33. The van der Waals surface area contributed by atoms with Crippen LogP contribution in [-0.2, 0) is 11.0 Å². The summed E-state index contributed by atoms with van der Waals surface area (Å²) >= 11 is 0.990. The molecule has 0 spiro atoms. The van der Waals surface area contributed by atoms with Gasteiger partial charge in [0.2, 0.25) is 5.91 Å². The standard InChI is InChI=1S/C19H16F3N3OS/c1-2-15(12-6-4-3-5-7-12)17(26)23-18-16(24-25-27-18)13-8-10-14(11-9-13)19(20,21)22/h3-11,15H,2H2,1H3,(H,23,26). The van der Waals surface area contributed by atoms with Gasteiger partial charge in [-0.25, -0.2) is 0 Å². The highest BCUT2D eigenvalue weighted by molar-refractivity contribution is 7.10. The average Bonchev–Trinajstić information content (AvgIpc) is 3.10. The molecule has 3 aromatic rings. The normalized spacial score (nSPS) is 12.6. The molecule has 140 valence electrons.